The van der Waals surface area contributed by atoms with Gasteiger partial charge < -0.3 is 14.9 Å². The van der Waals surface area contributed by atoms with Gasteiger partial charge in [-0.1, -0.05) is 0 Å². The average Bonchev–Trinajstić information content (AvgIpc) is 2.47. The Balaban J connectivity index is 2.70. The maximum Gasteiger partial charge on any atom is 0.243 e. The van der Waals surface area contributed by atoms with E-state index in [4.69, 9.17) is 5.26 Å². The van der Waals surface area contributed by atoms with Crippen LogP contribution in [0.2, 0.25) is 0 Å². The van der Waals surface area contributed by atoms with Crippen LogP contribution in [0.1, 0.15) is 10.4 Å². The quantitative estimate of drug-likeness (QED) is 0.721. The van der Waals surface area contributed by atoms with E-state index in [-0.39, 0.29) is 22.3 Å². The standard InChI is InChI=1S/C13H11N3O5S/c1-16(5-4-14)22(20,21)8-2-3-11-9(6-8)12(17)10(7-15-11)13(18)19/h2-3,6-7H,5H2,1H3,(H,15,17)(H,18,19)/p-1. The van der Waals surface area contributed by atoms with Crippen LogP contribution in [-0.2, 0) is 10.0 Å². The number of carboxylic acids is 1. The number of nitrogens with zero attached hydrogens (tertiary/aromatic N) is 2. The molecule has 0 saturated carbocycles. The van der Waals surface area contributed by atoms with Crippen molar-refractivity contribution in [3.8, 4) is 6.07 Å². The zero-order valence-electron chi connectivity index (χ0n) is 11.4. The maximum atomic E-state index is 12.2. The fraction of sp³-hybridized carbons (Fsp3) is 0.154. The molecular weight excluding hydrogens is 310 g/mol. The molecule has 9 heteroatoms. The highest BCUT2D eigenvalue weighted by Crippen LogP contribution is 2.18. The molecule has 0 bridgehead atoms. The molecule has 2 rings (SSSR count). The number of rotatable bonds is 4. The highest BCUT2D eigenvalue weighted by molar-refractivity contribution is 7.89. The van der Waals surface area contributed by atoms with Gasteiger partial charge in [0, 0.05) is 24.1 Å². The van der Waals surface area contributed by atoms with Crippen molar-refractivity contribution in [1.82, 2.24) is 9.29 Å². The molecule has 1 aromatic heterocycles. The Bertz CT molecular complexity index is 956. The van der Waals surface area contributed by atoms with E-state index in [9.17, 15) is 23.1 Å². The molecule has 0 amide bonds. The summed E-state index contributed by atoms with van der Waals surface area (Å²) >= 11 is 0. The number of H-pyrrole nitrogens is 1. The monoisotopic (exact) mass is 320 g/mol. The fourth-order valence-electron chi connectivity index (χ4n) is 1.87. The van der Waals surface area contributed by atoms with Crippen molar-refractivity contribution in [3.63, 3.8) is 0 Å². The van der Waals surface area contributed by atoms with Gasteiger partial charge in [0.1, 0.15) is 6.54 Å². The number of aromatic carboxylic acids is 1. The largest absolute Gasteiger partial charge is 0.545 e. The second kappa shape index (κ2) is 5.59. The smallest absolute Gasteiger partial charge is 0.243 e. The fourth-order valence-corrected chi connectivity index (χ4v) is 2.97. The van der Waals surface area contributed by atoms with Crippen molar-refractivity contribution in [2.45, 2.75) is 4.90 Å². The van der Waals surface area contributed by atoms with Crippen LogP contribution in [0.3, 0.4) is 0 Å². The Hall–Kier alpha value is -2.70. The topological polar surface area (TPSA) is 134 Å². The zero-order valence-corrected chi connectivity index (χ0v) is 12.2. The number of benzene rings is 1. The Morgan fingerprint density at radius 1 is 1.45 bits per heavy atom. The number of aromatic nitrogens is 1. The molecule has 0 saturated heterocycles. The first-order chi connectivity index (χ1) is 10.3. The van der Waals surface area contributed by atoms with Gasteiger partial charge in [-0.3, -0.25) is 4.79 Å². The van der Waals surface area contributed by atoms with E-state index >= 15 is 0 Å². The molecule has 0 spiro atoms. The van der Waals surface area contributed by atoms with Crippen molar-refractivity contribution in [2.24, 2.45) is 0 Å². The Labute approximate surface area is 125 Å². The number of hydrogen-bond donors (Lipinski definition) is 1. The number of nitrogens with one attached hydrogen (secondary N) is 1. The highest BCUT2D eigenvalue weighted by Gasteiger charge is 2.21. The molecule has 0 unspecified atom stereocenters. The molecule has 0 aliphatic rings. The minimum atomic E-state index is -3.95. The van der Waals surface area contributed by atoms with Crippen LogP contribution < -0.4 is 10.5 Å². The molecule has 0 aliphatic heterocycles. The number of carboxylic acid groups (broad SMARTS) is 1. The van der Waals surface area contributed by atoms with E-state index in [0.717, 1.165) is 16.6 Å². The number of carbonyl (C=O) groups is 1. The van der Waals surface area contributed by atoms with Crippen molar-refractivity contribution < 1.29 is 18.3 Å². The summed E-state index contributed by atoms with van der Waals surface area (Å²) in [6.07, 6.45) is 0.996. The summed E-state index contributed by atoms with van der Waals surface area (Å²) in [7, 11) is -2.72. The van der Waals surface area contributed by atoms with Gasteiger partial charge in [0.05, 0.1) is 22.5 Å². The second-order valence-corrected chi connectivity index (χ2v) is 6.49. The zero-order chi connectivity index (χ0) is 16.5. The Morgan fingerprint density at radius 3 is 2.73 bits per heavy atom. The molecular formula is C13H10N3O5S-. The Morgan fingerprint density at radius 2 is 2.14 bits per heavy atom. The molecule has 8 nitrogen and oxygen atoms in total. The van der Waals surface area contributed by atoms with Crippen LogP contribution >= 0.6 is 0 Å². The van der Waals surface area contributed by atoms with Crippen LogP contribution in [0, 0.1) is 11.3 Å². The van der Waals surface area contributed by atoms with Crippen LogP contribution in [0.25, 0.3) is 10.9 Å². The number of pyridine rings is 1. The third-order valence-corrected chi connectivity index (χ3v) is 4.87. The molecule has 0 radical (unpaired) electrons. The van der Waals surface area contributed by atoms with Crippen molar-refractivity contribution in [1.29, 1.82) is 5.26 Å². The van der Waals surface area contributed by atoms with Gasteiger partial charge in [-0.2, -0.15) is 9.57 Å². The van der Waals surface area contributed by atoms with Crippen LogP contribution in [0.5, 0.6) is 0 Å². The molecule has 1 aromatic carbocycles. The van der Waals surface area contributed by atoms with E-state index in [1.807, 2.05) is 0 Å². The summed E-state index contributed by atoms with van der Waals surface area (Å²) in [5.74, 6) is -1.65. The first-order valence-electron chi connectivity index (χ1n) is 5.99. The third-order valence-electron chi connectivity index (χ3n) is 3.07. The summed E-state index contributed by atoms with van der Waals surface area (Å²) in [4.78, 5) is 25.3. The molecule has 114 valence electrons. The van der Waals surface area contributed by atoms with E-state index in [1.54, 1.807) is 6.07 Å². The van der Waals surface area contributed by atoms with Gasteiger partial charge in [0.2, 0.25) is 10.0 Å². The average molecular weight is 320 g/mol. The van der Waals surface area contributed by atoms with Crippen molar-refractivity contribution in [2.75, 3.05) is 13.6 Å². The van der Waals surface area contributed by atoms with Gasteiger partial charge in [0.25, 0.3) is 0 Å². The first kappa shape index (κ1) is 15.7. The molecule has 22 heavy (non-hydrogen) atoms. The predicted octanol–water partition coefficient (Wildman–Crippen LogP) is -0.964. The molecule has 2 aromatic rings. The van der Waals surface area contributed by atoms with Crippen molar-refractivity contribution >= 4 is 26.9 Å². The lowest BCUT2D eigenvalue weighted by Crippen LogP contribution is -2.29. The number of nitriles is 1. The number of carbonyl (C=O) groups excluding carboxylic acids is 1. The van der Waals surface area contributed by atoms with Crippen LogP contribution in [0.15, 0.2) is 34.1 Å². The van der Waals surface area contributed by atoms with Crippen molar-refractivity contribution in [3.05, 3.63) is 40.2 Å². The molecule has 1 N–H and O–H groups in total. The van der Waals surface area contributed by atoms with Crippen LogP contribution in [0.4, 0.5) is 0 Å². The normalized spacial score (nSPS) is 11.5. The van der Waals surface area contributed by atoms with E-state index in [0.29, 0.717) is 0 Å². The molecule has 0 fully saturated rings. The molecule has 0 aliphatic carbocycles. The van der Waals surface area contributed by atoms with Gasteiger partial charge in [0.15, 0.2) is 5.43 Å². The summed E-state index contributed by atoms with van der Waals surface area (Å²) in [6.45, 7) is -0.351. The first-order valence-corrected chi connectivity index (χ1v) is 7.43. The predicted molar refractivity (Wildman–Crippen MR) is 74.3 cm³/mol. The van der Waals surface area contributed by atoms with E-state index < -0.39 is 27.0 Å². The van der Waals surface area contributed by atoms with E-state index in [1.165, 1.54) is 19.2 Å². The van der Waals surface area contributed by atoms with E-state index in [2.05, 4.69) is 4.98 Å². The summed E-state index contributed by atoms with van der Waals surface area (Å²) in [5, 5.41) is 19.3. The SMILES string of the molecule is CN(CC#N)S(=O)(=O)c1ccc2[nH]cc(C(=O)[O-])c(=O)c2c1. The highest BCUT2D eigenvalue weighted by atomic mass is 32.2. The van der Waals surface area contributed by atoms with Crippen LogP contribution in [-0.4, -0.2) is 37.3 Å². The second-order valence-electron chi connectivity index (χ2n) is 4.45. The van der Waals surface area contributed by atoms with Gasteiger partial charge in [-0.05, 0) is 18.2 Å². The van der Waals surface area contributed by atoms with Gasteiger partial charge >= 0.3 is 0 Å². The lowest BCUT2D eigenvalue weighted by molar-refractivity contribution is -0.255. The number of sulfonamides is 1. The number of hydrogen-bond acceptors (Lipinski definition) is 6. The Kier molecular flexibility index (Phi) is 3.99. The molecule has 1 heterocycles. The lowest BCUT2D eigenvalue weighted by atomic mass is 10.1. The minimum absolute atomic E-state index is 0.0897. The summed E-state index contributed by atoms with van der Waals surface area (Å²) < 4.78 is 25.3. The van der Waals surface area contributed by atoms with Gasteiger partial charge in [-0.25, -0.2) is 8.42 Å². The maximum absolute atomic E-state index is 12.2. The summed E-state index contributed by atoms with van der Waals surface area (Å²) in [6, 6.07) is 5.40. The molecule has 0 atom stereocenters. The number of fused-ring (bicyclic) bond motifs is 1. The lowest BCUT2D eigenvalue weighted by Gasteiger charge is -2.14. The third kappa shape index (κ3) is 2.57. The van der Waals surface area contributed by atoms with Gasteiger partial charge in [-0.15, -0.1) is 0 Å². The summed E-state index contributed by atoms with van der Waals surface area (Å²) in [5.41, 5.74) is -1.14. The minimum Gasteiger partial charge on any atom is -0.545 e. The number of aromatic amines is 1.